The molecule has 1 atom stereocenters. The summed E-state index contributed by atoms with van der Waals surface area (Å²) in [6.07, 6.45) is -0.252. The number of nitrogens with zero attached hydrogens (tertiary/aromatic N) is 2. The van der Waals surface area contributed by atoms with E-state index >= 15 is 0 Å². The quantitative estimate of drug-likeness (QED) is 0.220. The van der Waals surface area contributed by atoms with E-state index < -0.39 is 24.1 Å². The van der Waals surface area contributed by atoms with Gasteiger partial charge in [-0.2, -0.15) is 0 Å². The zero-order chi connectivity index (χ0) is 31.8. The third kappa shape index (κ3) is 8.01. The molecule has 3 N–H and O–H groups in total. The Morgan fingerprint density at radius 2 is 1.95 bits per heavy atom. The van der Waals surface area contributed by atoms with Crippen molar-refractivity contribution in [2.75, 3.05) is 36.7 Å². The number of rotatable bonds is 11. The molecule has 232 valence electrons. The van der Waals surface area contributed by atoms with Crippen molar-refractivity contribution in [3.63, 3.8) is 0 Å². The molecule has 0 saturated heterocycles. The SMILES string of the molecule is CCCCC(=O)Nc1cc(NC(=O)OC)ccc1-c1cccc(CC(=O)N(C)CCC2OC(=O)Nc3ccc(Cl)c(F)c32)n1. The zero-order valence-electron chi connectivity index (χ0n) is 24.5. The maximum Gasteiger partial charge on any atom is 0.412 e. The molecule has 0 bridgehead atoms. The Balaban J connectivity index is 1.48. The van der Waals surface area contributed by atoms with Crippen LogP contribution in [-0.2, 0) is 25.5 Å². The van der Waals surface area contributed by atoms with E-state index in [0.29, 0.717) is 34.7 Å². The van der Waals surface area contributed by atoms with Crippen molar-refractivity contribution in [3.8, 4) is 11.3 Å². The molecular formula is C31H33ClFN5O6. The van der Waals surface area contributed by atoms with Crippen LogP contribution in [0, 0.1) is 5.82 Å². The van der Waals surface area contributed by atoms with E-state index in [-0.39, 0.29) is 47.5 Å². The summed E-state index contributed by atoms with van der Waals surface area (Å²) >= 11 is 5.94. The molecule has 1 aromatic heterocycles. The Bertz CT molecular complexity index is 1570. The molecule has 4 amide bonds. The first kappa shape index (κ1) is 32.2. The van der Waals surface area contributed by atoms with Crippen molar-refractivity contribution in [1.29, 1.82) is 0 Å². The lowest BCUT2D eigenvalue weighted by Gasteiger charge is -2.28. The molecule has 2 aromatic carbocycles. The molecule has 1 aliphatic heterocycles. The fourth-order valence-corrected chi connectivity index (χ4v) is 4.81. The number of anilines is 3. The highest BCUT2D eigenvalue weighted by atomic mass is 35.5. The number of pyridine rings is 1. The predicted molar refractivity (Wildman–Crippen MR) is 164 cm³/mol. The van der Waals surface area contributed by atoms with E-state index in [9.17, 15) is 23.6 Å². The van der Waals surface area contributed by atoms with Gasteiger partial charge in [-0.05, 0) is 48.9 Å². The first-order valence-electron chi connectivity index (χ1n) is 14.0. The van der Waals surface area contributed by atoms with Gasteiger partial charge >= 0.3 is 12.2 Å². The van der Waals surface area contributed by atoms with Crippen molar-refractivity contribution in [3.05, 3.63) is 70.6 Å². The average Bonchev–Trinajstić information content (AvgIpc) is 3.00. The molecule has 1 unspecified atom stereocenters. The minimum Gasteiger partial charge on any atom is -0.453 e. The number of carbonyl (C=O) groups is 4. The first-order valence-corrected chi connectivity index (χ1v) is 14.4. The van der Waals surface area contributed by atoms with Crippen molar-refractivity contribution in [2.24, 2.45) is 0 Å². The number of amides is 4. The monoisotopic (exact) mass is 625 g/mol. The van der Waals surface area contributed by atoms with Crippen molar-refractivity contribution in [1.82, 2.24) is 9.88 Å². The molecule has 13 heteroatoms. The number of hydrogen-bond acceptors (Lipinski definition) is 7. The Labute approximate surface area is 259 Å². The summed E-state index contributed by atoms with van der Waals surface area (Å²) in [7, 11) is 2.85. The van der Waals surface area contributed by atoms with E-state index in [1.165, 1.54) is 24.1 Å². The number of cyclic esters (lactones) is 1. The summed E-state index contributed by atoms with van der Waals surface area (Å²) in [5, 5.41) is 7.85. The van der Waals surface area contributed by atoms with Crippen LogP contribution in [0.2, 0.25) is 5.02 Å². The van der Waals surface area contributed by atoms with Gasteiger partial charge in [0, 0.05) is 37.7 Å². The van der Waals surface area contributed by atoms with Gasteiger partial charge in [-0.1, -0.05) is 31.0 Å². The number of unbranched alkanes of at least 4 members (excludes halogenated alkanes) is 1. The van der Waals surface area contributed by atoms with Crippen LogP contribution in [0.15, 0.2) is 48.5 Å². The number of aromatic nitrogens is 1. The number of nitrogens with one attached hydrogen (secondary N) is 3. The van der Waals surface area contributed by atoms with E-state index in [4.69, 9.17) is 16.3 Å². The molecule has 3 aromatic rings. The third-order valence-electron chi connectivity index (χ3n) is 6.99. The van der Waals surface area contributed by atoms with Crippen molar-refractivity contribution in [2.45, 2.75) is 45.1 Å². The van der Waals surface area contributed by atoms with Gasteiger partial charge in [0.15, 0.2) is 5.82 Å². The van der Waals surface area contributed by atoms with Crippen LogP contribution < -0.4 is 16.0 Å². The van der Waals surface area contributed by atoms with Gasteiger partial charge in [-0.15, -0.1) is 0 Å². The second-order valence-corrected chi connectivity index (χ2v) is 10.6. The number of fused-ring (bicyclic) bond motifs is 1. The minimum absolute atomic E-state index is 0.0344. The van der Waals surface area contributed by atoms with Crippen LogP contribution >= 0.6 is 11.6 Å². The second kappa shape index (κ2) is 14.6. The lowest BCUT2D eigenvalue weighted by atomic mass is 10.0. The number of halogens is 2. The Morgan fingerprint density at radius 1 is 1.16 bits per heavy atom. The minimum atomic E-state index is -0.920. The standard InChI is InChI=1S/C31H33ClFN5O6/c1-4-5-9-26(39)36-24-16-19(35-30(41)43-3)10-11-20(24)22-8-6-7-18(34-22)17-27(40)38(2)15-14-25-28-23(37-31(42)44-25)13-12-21(32)29(28)33/h6-8,10-13,16,25H,4-5,9,14-15,17H2,1-3H3,(H,35,41)(H,36,39)(H,37,42). The number of methoxy groups -OCH3 is 1. The first-order chi connectivity index (χ1) is 21.1. The molecule has 44 heavy (non-hydrogen) atoms. The van der Waals surface area contributed by atoms with E-state index in [0.717, 1.165) is 12.8 Å². The van der Waals surface area contributed by atoms with E-state index in [2.05, 4.69) is 25.7 Å². The highest BCUT2D eigenvalue weighted by Crippen LogP contribution is 2.38. The molecule has 0 fully saturated rings. The molecule has 4 rings (SSSR count). The molecule has 2 heterocycles. The molecule has 0 saturated carbocycles. The summed E-state index contributed by atoms with van der Waals surface area (Å²) < 4.78 is 24.7. The summed E-state index contributed by atoms with van der Waals surface area (Å²) in [6.45, 7) is 2.16. The smallest absolute Gasteiger partial charge is 0.412 e. The average molecular weight is 626 g/mol. The van der Waals surface area contributed by atoms with Crippen LogP contribution in [0.1, 0.15) is 50.0 Å². The fraction of sp³-hybridized carbons (Fsp3) is 0.323. The highest BCUT2D eigenvalue weighted by molar-refractivity contribution is 6.31. The van der Waals surface area contributed by atoms with Crippen LogP contribution in [0.5, 0.6) is 0 Å². The summed E-state index contributed by atoms with van der Waals surface area (Å²) in [5.74, 6) is -1.12. The van der Waals surface area contributed by atoms with Crippen molar-refractivity contribution >= 4 is 52.7 Å². The molecule has 1 aliphatic rings. The molecule has 0 spiro atoms. The van der Waals surface area contributed by atoms with Gasteiger partial charge in [0.1, 0.15) is 6.10 Å². The lowest BCUT2D eigenvalue weighted by molar-refractivity contribution is -0.129. The van der Waals surface area contributed by atoms with Crippen LogP contribution in [-0.4, -0.2) is 54.6 Å². The molecule has 0 radical (unpaired) electrons. The van der Waals surface area contributed by atoms with Crippen molar-refractivity contribution < 1.29 is 33.0 Å². The Kier molecular flexibility index (Phi) is 10.7. The molecule has 11 nitrogen and oxygen atoms in total. The third-order valence-corrected chi connectivity index (χ3v) is 7.28. The number of hydrogen-bond donors (Lipinski definition) is 3. The molecular weight excluding hydrogens is 593 g/mol. The molecule has 0 aliphatic carbocycles. The number of carbonyl (C=O) groups excluding carboxylic acids is 4. The number of benzene rings is 2. The van der Waals surface area contributed by atoms with Gasteiger partial charge in [0.05, 0.1) is 46.9 Å². The summed E-state index contributed by atoms with van der Waals surface area (Å²) in [4.78, 5) is 55.5. The van der Waals surface area contributed by atoms with Gasteiger partial charge in [-0.25, -0.2) is 14.0 Å². The van der Waals surface area contributed by atoms with E-state index in [1.807, 2.05) is 6.92 Å². The summed E-state index contributed by atoms with van der Waals surface area (Å²) in [6, 6.07) is 13.1. The Hall–Kier alpha value is -4.71. The largest absolute Gasteiger partial charge is 0.453 e. The Morgan fingerprint density at radius 3 is 2.70 bits per heavy atom. The lowest BCUT2D eigenvalue weighted by Crippen LogP contribution is -2.32. The maximum atomic E-state index is 14.8. The predicted octanol–water partition coefficient (Wildman–Crippen LogP) is 6.54. The number of ether oxygens (including phenoxy) is 2. The second-order valence-electron chi connectivity index (χ2n) is 10.2. The van der Waals surface area contributed by atoms with Crippen LogP contribution in [0.3, 0.4) is 0 Å². The van der Waals surface area contributed by atoms with Gasteiger partial charge in [-0.3, -0.25) is 25.2 Å². The van der Waals surface area contributed by atoms with Crippen LogP contribution in [0.25, 0.3) is 11.3 Å². The summed E-state index contributed by atoms with van der Waals surface area (Å²) in [5.41, 5.74) is 2.87. The zero-order valence-corrected chi connectivity index (χ0v) is 25.3. The van der Waals surface area contributed by atoms with E-state index in [1.54, 1.807) is 43.4 Å². The highest BCUT2D eigenvalue weighted by Gasteiger charge is 2.31. The normalized spacial score (nSPS) is 13.7. The number of likely N-dealkylation sites (N-methyl/N-ethyl adjacent to an activating group) is 1. The van der Waals surface area contributed by atoms with Gasteiger partial charge < -0.3 is 19.7 Å². The maximum absolute atomic E-state index is 14.8. The topological polar surface area (TPSA) is 139 Å². The van der Waals surface area contributed by atoms with Gasteiger partial charge in [0.2, 0.25) is 11.8 Å². The van der Waals surface area contributed by atoms with Gasteiger partial charge in [0.25, 0.3) is 0 Å². The fourth-order valence-electron chi connectivity index (χ4n) is 4.64. The van der Waals surface area contributed by atoms with Crippen LogP contribution in [0.4, 0.5) is 31.0 Å².